The first-order valence-electron chi connectivity index (χ1n) is 9.13. The molecule has 1 amide bonds. The number of morpholine rings is 1. The smallest absolute Gasteiger partial charge is 0.243 e. The van der Waals surface area contributed by atoms with Crippen LogP contribution >= 0.6 is 11.6 Å². The van der Waals surface area contributed by atoms with Crippen LogP contribution < -0.4 is 5.32 Å². The molecule has 3 rings (SSSR count). The maximum absolute atomic E-state index is 12.6. The molecule has 0 aliphatic carbocycles. The van der Waals surface area contributed by atoms with Gasteiger partial charge in [-0.3, -0.25) is 9.59 Å². The van der Waals surface area contributed by atoms with Crippen molar-refractivity contribution < 1.29 is 22.7 Å². The van der Waals surface area contributed by atoms with Crippen LogP contribution in [0.15, 0.2) is 53.4 Å². The highest BCUT2D eigenvalue weighted by molar-refractivity contribution is 7.89. The number of carbonyl (C=O) groups is 2. The van der Waals surface area contributed by atoms with Crippen LogP contribution in [0.1, 0.15) is 23.2 Å². The minimum Gasteiger partial charge on any atom is -0.379 e. The van der Waals surface area contributed by atoms with Gasteiger partial charge in [-0.05, 0) is 48.5 Å². The number of ketones is 1. The Kier molecular flexibility index (Phi) is 7.02. The minimum atomic E-state index is -3.58. The molecule has 0 saturated carbocycles. The van der Waals surface area contributed by atoms with Crippen molar-refractivity contribution in [3.05, 3.63) is 59.1 Å². The van der Waals surface area contributed by atoms with Crippen LogP contribution in [0.3, 0.4) is 0 Å². The number of nitrogens with zero attached hydrogens (tertiary/aromatic N) is 1. The maximum Gasteiger partial charge on any atom is 0.243 e. The average Bonchev–Trinajstić information content (AvgIpc) is 2.73. The van der Waals surface area contributed by atoms with Crippen LogP contribution in [-0.2, 0) is 19.6 Å². The number of sulfonamides is 1. The topological polar surface area (TPSA) is 92.8 Å². The molecule has 0 bridgehead atoms. The number of rotatable bonds is 7. The highest BCUT2D eigenvalue weighted by Gasteiger charge is 2.26. The molecule has 1 N–H and O–H groups in total. The number of nitrogens with one attached hydrogen (secondary N) is 1. The molecule has 2 aromatic carbocycles. The van der Waals surface area contributed by atoms with Gasteiger partial charge in [-0.2, -0.15) is 4.31 Å². The molecule has 0 unspecified atom stereocenters. The van der Waals surface area contributed by atoms with Gasteiger partial charge in [0.1, 0.15) is 0 Å². The zero-order valence-corrected chi connectivity index (χ0v) is 17.2. The number of hydrogen-bond donors (Lipinski definition) is 1. The molecule has 0 spiro atoms. The number of hydrogen-bond acceptors (Lipinski definition) is 5. The molecule has 2 aromatic rings. The molecule has 0 radical (unpaired) electrons. The third-order valence-corrected chi connectivity index (χ3v) is 6.66. The summed E-state index contributed by atoms with van der Waals surface area (Å²) >= 11 is 5.80. The first-order chi connectivity index (χ1) is 13.9. The van der Waals surface area contributed by atoms with E-state index in [1.807, 2.05) is 0 Å². The van der Waals surface area contributed by atoms with Gasteiger partial charge in [-0.15, -0.1) is 0 Å². The zero-order chi connectivity index (χ0) is 20.9. The predicted octanol–water partition coefficient (Wildman–Crippen LogP) is 2.96. The van der Waals surface area contributed by atoms with Crippen molar-refractivity contribution in [3.63, 3.8) is 0 Å². The van der Waals surface area contributed by atoms with Crippen molar-refractivity contribution in [2.45, 2.75) is 17.7 Å². The van der Waals surface area contributed by atoms with Gasteiger partial charge in [0.25, 0.3) is 0 Å². The Hall–Kier alpha value is -2.26. The Labute approximate surface area is 174 Å². The lowest BCUT2D eigenvalue weighted by Crippen LogP contribution is -2.40. The predicted molar refractivity (Wildman–Crippen MR) is 110 cm³/mol. The average molecular weight is 437 g/mol. The molecular weight excluding hydrogens is 416 g/mol. The Balaban J connectivity index is 1.54. The van der Waals surface area contributed by atoms with Crippen molar-refractivity contribution in [1.82, 2.24) is 4.31 Å². The quantitative estimate of drug-likeness (QED) is 0.673. The number of amides is 1. The molecule has 0 aromatic heterocycles. The third-order valence-electron chi connectivity index (χ3n) is 4.49. The first-order valence-corrected chi connectivity index (χ1v) is 10.9. The fraction of sp³-hybridized carbons (Fsp3) is 0.300. The second-order valence-electron chi connectivity index (χ2n) is 6.52. The van der Waals surface area contributed by atoms with E-state index >= 15 is 0 Å². The van der Waals surface area contributed by atoms with Crippen LogP contribution in [0.2, 0.25) is 5.02 Å². The molecular formula is C20H21ClN2O5S. The summed E-state index contributed by atoms with van der Waals surface area (Å²) < 4.78 is 31.7. The standard InChI is InChI=1S/C20H21ClN2O5S/c21-16-3-1-15(2-4-16)19(24)9-10-20(25)22-17-5-7-18(8-6-17)29(26,27)23-11-13-28-14-12-23/h1-8H,9-14H2,(H,22,25). The van der Waals surface area contributed by atoms with Gasteiger partial charge in [0.05, 0.1) is 18.1 Å². The number of halogens is 1. The second kappa shape index (κ2) is 9.49. The lowest BCUT2D eigenvalue weighted by molar-refractivity contribution is -0.116. The van der Waals surface area contributed by atoms with E-state index in [1.54, 1.807) is 24.3 Å². The molecule has 1 saturated heterocycles. The molecule has 0 atom stereocenters. The van der Waals surface area contributed by atoms with Gasteiger partial charge in [0.15, 0.2) is 5.78 Å². The van der Waals surface area contributed by atoms with Crippen molar-refractivity contribution in [2.24, 2.45) is 0 Å². The molecule has 154 valence electrons. The first kappa shape index (κ1) is 21.4. The fourth-order valence-corrected chi connectivity index (χ4v) is 4.41. The van der Waals surface area contributed by atoms with E-state index in [2.05, 4.69) is 5.32 Å². The van der Waals surface area contributed by atoms with Gasteiger partial charge in [-0.1, -0.05) is 11.6 Å². The summed E-state index contributed by atoms with van der Waals surface area (Å²) in [4.78, 5) is 24.4. The van der Waals surface area contributed by atoms with E-state index in [0.29, 0.717) is 42.6 Å². The van der Waals surface area contributed by atoms with Gasteiger partial charge < -0.3 is 10.1 Å². The Morgan fingerprint density at radius 1 is 0.966 bits per heavy atom. The van der Waals surface area contributed by atoms with Gasteiger partial charge in [-0.25, -0.2) is 8.42 Å². The van der Waals surface area contributed by atoms with E-state index in [1.165, 1.54) is 28.6 Å². The van der Waals surface area contributed by atoms with Crippen molar-refractivity contribution >= 4 is 39.0 Å². The summed E-state index contributed by atoms with van der Waals surface area (Å²) in [6.07, 6.45) is 0.0895. The molecule has 29 heavy (non-hydrogen) atoms. The van der Waals surface area contributed by atoms with Crippen molar-refractivity contribution in [1.29, 1.82) is 0 Å². The zero-order valence-electron chi connectivity index (χ0n) is 15.6. The molecule has 9 heteroatoms. The molecule has 1 aliphatic heterocycles. The molecule has 7 nitrogen and oxygen atoms in total. The fourth-order valence-electron chi connectivity index (χ4n) is 2.88. The van der Waals surface area contributed by atoms with Crippen LogP contribution in [0, 0.1) is 0 Å². The van der Waals surface area contributed by atoms with E-state index in [0.717, 1.165) is 0 Å². The largest absolute Gasteiger partial charge is 0.379 e. The van der Waals surface area contributed by atoms with Crippen LogP contribution in [-0.4, -0.2) is 50.7 Å². The van der Waals surface area contributed by atoms with E-state index in [4.69, 9.17) is 16.3 Å². The number of benzene rings is 2. The number of anilines is 1. The number of ether oxygens (including phenoxy) is 1. The Morgan fingerprint density at radius 3 is 2.21 bits per heavy atom. The Morgan fingerprint density at radius 2 is 1.59 bits per heavy atom. The highest BCUT2D eigenvalue weighted by Crippen LogP contribution is 2.20. The van der Waals surface area contributed by atoms with E-state index < -0.39 is 10.0 Å². The van der Waals surface area contributed by atoms with Crippen molar-refractivity contribution in [2.75, 3.05) is 31.6 Å². The normalized spacial score (nSPS) is 15.1. The summed E-state index contributed by atoms with van der Waals surface area (Å²) in [5.41, 5.74) is 0.967. The molecule has 1 heterocycles. The monoisotopic (exact) mass is 436 g/mol. The van der Waals surface area contributed by atoms with Gasteiger partial charge >= 0.3 is 0 Å². The minimum absolute atomic E-state index is 0.0231. The van der Waals surface area contributed by atoms with Gasteiger partial charge in [0.2, 0.25) is 15.9 Å². The SMILES string of the molecule is O=C(CCC(=O)c1ccc(Cl)cc1)Nc1ccc(S(=O)(=O)N2CCOCC2)cc1. The van der Waals surface area contributed by atoms with Gasteiger partial charge in [0, 0.05) is 42.2 Å². The summed E-state index contributed by atoms with van der Waals surface area (Å²) in [7, 11) is -3.58. The summed E-state index contributed by atoms with van der Waals surface area (Å²) in [5.74, 6) is -0.472. The second-order valence-corrected chi connectivity index (χ2v) is 8.89. The summed E-state index contributed by atoms with van der Waals surface area (Å²) in [6, 6.07) is 12.5. The van der Waals surface area contributed by atoms with Crippen LogP contribution in [0.5, 0.6) is 0 Å². The summed E-state index contributed by atoms with van der Waals surface area (Å²) in [5, 5.41) is 3.22. The number of carbonyl (C=O) groups excluding carboxylic acids is 2. The molecule has 1 aliphatic rings. The van der Waals surface area contributed by atoms with Crippen LogP contribution in [0.4, 0.5) is 5.69 Å². The Bertz CT molecular complexity index is 969. The van der Waals surface area contributed by atoms with E-state index in [-0.39, 0.29) is 29.4 Å². The summed E-state index contributed by atoms with van der Waals surface area (Å²) in [6.45, 7) is 1.40. The highest BCUT2D eigenvalue weighted by atomic mass is 35.5. The number of Topliss-reactive ketones (excluding diaryl/α,β-unsaturated/α-hetero) is 1. The van der Waals surface area contributed by atoms with E-state index in [9.17, 15) is 18.0 Å². The lowest BCUT2D eigenvalue weighted by atomic mass is 10.1. The van der Waals surface area contributed by atoms with Crippen molar-refractivity contribution in [3.8, 4) is 0 Å². The molecule has 1 fully saturated rings. The third kappa shape index (κ3) is 5.63. The lowest BCUT2D eigenvalue weighted by Gasteiger charge is -2.26. The maximum atomic E-state index is 12.6. The van der Waals surface area contributed by atoms with Crippen LogP contribution in [0.25, 0.3) is 0 Å².